The molecule has 0 aliphatic carbocycles. The second kappa shape index (κ2) is 6.99. The van der Waals surface area contributed by atoms with Crippen molar-refractivity contribution in [3.8, 4) is 5.75 Å². The lowest BCUT2D eigenvalue weighted by atomic mass is 10.0. The summed E-state index contributed by atoms with van der Waals surface area (Å²) in [5.74, 6) is 2.07. The van der Waals surface area contributed by atoms with Gasteiger partial charge in [-0.25, -0.2) is 0 Å². The van der Waals surface area contributed by atoms with Crippen molar-refractivity contribution in [1.82, 2.24) is 10.6 Å². The van der Waals surface area contributed by atoms with Crippen molar-refractivity contribution in [3.63, 3.8) is 0 Å². The fraction of sp³-hybridized carbons (Fsp3) is 0.250. The highest BCUT2D eigenvalue weighted by Crippen LogP contribution is 2.21. The van der Waals surface area contributed by atoms with Crippen molar-refractivity contribution in [2.75, 3.05) is 19.6 Å². The van der Waals surface area contributed by atoms with Crippen molar-refractivity contribution < 1.29 is 13.9 Å². The molecule has 0 spiro atoms. The number of carbonyl (C=O) groups excluding carboxylic acids is 1. The molecule has 1 aliphatic rings. The Labute approximate surface area is 146 Å². The summed E-state index contributed by atoms with van der Waals surface area (Å²) in [6, 6.07) is 17.6. The van der Waals surface area contributed by atoms with E-state index in [4.69, 9.17) is 9.15 Å². The fourth-order valence-electron chi connectivity index (χ4n) is 2.81. The van der Waals surface area contributed by atoms with Crippen LogP contribution >= 0.6 is 0 Å². The molecular weight excluding hydrogens is 316 g/mol. The summed E-state index contributed by atoms with van der Waals surface area (Å²) in [5, 5.41) is 8.38. The number of hydrogen-bond donors (Lipinski definition) is 2. The Kier molecular flexibility index (Phi) is 4.39. The maximum Gasteiger partial charge on any atom is 0.287 e. The van der Waals surface area contributed by atoms with E-state index in [1.165, 1.54) is 5.39 Å². The molecule has 128 valence electrons. The highest BCUT2D eigenvalue weighted by molar-refractivity contribution is 5.91. The molecule has 3 aromatic rings. The van der Waals surface area contributed by atoms with Gasteiger partial charge in [-0.3, -0.25) is 4.79 Å². The third-order valence-electron chi connectivity index (χ3n) is 4.40. The molecule has 1 fully saturated rings. The monoisotopic (exact) mass is 336 g/mol. The Balaban J connectivity index is 1.34. The molecular formula is C20H20N2O3. The Morgan fingerprint density at radius 3 is 2.76 bits per heavy atom. The van der Waals surface area contributed by atoms with Gasteiger partial charge in [0.25, 0.3) is 5.91 Å². The van der Waals surface area contributed by atoms with Crippen LogP contribution in [0.5, 0.6) is 5.75 Å². The molecule has 2 aromatic carbocycles. The van der Waals surface area contributed by atoms with Gasteiger partial charge in [0.2, 0.25) is 0 Å². The molecule has 1 aromatic heterocycles. The van der Waals surface area contributed by atoms with Crippen LogP contribution in [0.2, 0.25) is 0 Å². The average molecular weight is 336 g/mol. The predicted molar refractivity (Wildman–Crippen MR) is 95.7 cm³/mol. The first kappa shape index (κ1) is 15.7. The zero-order valence-corrected chi connectivity index (χ0v) is 13.8. The van der Waals surface area contributed by atoms with E-state index in [9.17, 15) is 4.79 Å². The number of amides is 1. The topological polar surface area (TPSA) is 63.5 Å². The molecule has 5 heteroatoms. The van der Waals surface area contributed by atoms with E-state index in [0.717, 1.165) is 24.2 Å². The smallest absolute Gasteiger partial charge is 0.287 e. The van der Waals surface area contributed by atoms with Crippen molar-refractivity contribution in [2.45, 2.75) is 6.61 Å². The molecule has 0 unspecified atom stereocenters. The normalized spacial score (nSPS) is 14.2. The maximum absolute atomic E-state index is 12.1. The minimum atomic E-state index is -0.177. The van der Waals surface area contributed by atoms with Crippen LogP contribution in [0, 0.1) is 5.92 Å². The minimum Gasteiger partial charge on any atom is -0.486 e. The van der Waals surface area contributed by atoms with Gasteiger partial charge < -0.3 is 19.8 Å². The van der Waals surface area contributed by atoms with Crippen LogP contribution in [-0.2, 0) is 6.61 Å². The first-order valence-corrected chi connectivity index (χ1v) is 8.47. The van der Waals surface area contributed by atoms with Gasteiger partial charge >= 0.3 is 0 Å². The van der Waals surface area contributed by atoms with Crippen LogP contribution in [0.3, 0.4) is 0 Å². The van der Waals surface area contributed by atoms with Gasteiger partial charge in [0.15, 0.2) is 5.76 Å². The minimum absolute atomic E-state index is 0.177. The number of ether oxygens (including phenoxy) is 1. The van der Waals surface area contributed by atoms with E-state index in [-0.39, 0.29) is 12.5 Å². The van der Waals surface area contributed by atoms with Crippen molar-refractivity contribution in [1.29, 1.82) is 0 Å². The van der Waals surface area contributed by atoms with Crippen molar-refractivity contribution in [2.24, 2.45) is 5.92 Å². The summed E-state index contributed by atoms with van der Waals surface area (Å²) in [6.07, 6.45) is 0. The standard InChI is InChI=1S/C20H20N2O3/c23-20(22-12-14-10-21-11-14)19-8-7-18(25-19)13-24-17-6-5-15-3-1-2-4-16(15)9-17/h1-9,14,21H,10-13H2,(H,22,23). The highest BCUT2D eigenvalue weighted by atomic mass is 16.5. The van der Waals surface area contributed by atoms with Crippen molar-refractivity contribution >= 4 is 16.7 Å². The molecule has 1 amide bonds. The van der Waals surface area contributed by atoms with Crippen LogP contribution in [0.1, 0.15) is 16.3 Å². The maximum atomic E-state index is 12.1. The van der Waals surface area contributed by atoms with E-state index >= 15 is 0 Å². The van der Waals surface area contributed by atoms with Gasteiger partial charge in [-0.15, -0.1) is 0 Å². The van der Waals surface area contributed by atoms with Gasteiger partial charge in [0.05, 0.1) is 0 Å². The number of benzene rings is 2. The molecule has 0 atom stereocenters. The van der Waals surface area contributed by atoms with Gasteiger partial charge in [0, 0.05) is 25.6 Å². The van der Waals surface area contributed by atoms with Crippen molar-refractivity contribution in [3.05, 3.63) is 66.1 Å². The van der Waals surface area contributed by atoms with Gasteiger partial charge in [-0.2, -0.15) is 0 Å². The lowest BCUT2D eigenvalue weighted by Crippen LogP contribution is -2.48. The van der Waals surface area contributed by atoms with Crippen LogP contribution in [-0.4, -0.2) is 25.5 Å². The van der Waals surface area contributed by atoms with Gasteiger partial charge in [0.1, 0.15) is 18.1 Å². The van der Waals surface area contributed by atoms with Crippen LogP contribution < -0.4 is 15.4 Å². The molecule has 1 saturated heterocycles. The SMILES string of the molecule is O=C(NCC1CNC1)c1ccc(COc2ccc3ccccc3c2)o1. The zero-order valence-electron chi connectivity index (χ0n) is 13.8. The first-order valence-electron chi connectivity index (χ1n) is 8.47. The van der Waals surface area contributed by atoms with E-state index in [0.29, 0.717) is 24.0 Å². The number of carbonyl (C=O) groups is 1. The van der Waals surface area contributed by atoms with E-state index in [1.807, 2.05) is 30.3 Å². The predicted octanol–water partition coefficient (Wildman–Crippen LogP) is 2.96. The van der Waals surface area contributed by atoms with Gasteiger partial charge in [-0.1, -0.05) is 30.3 Å². The lowest BCUT2D eigenvalue weighted by Gasteiger charge is -2.26. The van der Waals surface area contributed by atoms with Crippen LogP contribution in [0.15, 0.2) is 59.0 Å². The molecule has 5 nitrogen and oxygen atoms in total. The molecule has 1 aliphatic heterocycles. The number of fused-ring (bicyclic) bond motifs is 1. The third kappa shape index (κ3) is 3.67. The quantitative estimate of drug-likeness (QED) is 0.726. The molecule has 0 bridgehead atoms. The summed E-state index contributed by atoms with van der Waals surface area (Å²) in [5.41, 5.74) is 0. The summed E-state index contributed by atoms with van der Waals surface area (Å²) >= 11 is 0. The summed E-state index contributed by atoms with van der Waals surface area (Å²) < 4.78 is 11.4. The number of rotatable bonds is 6. The number of furan rings is 1. The molecule has 4 rings (SSSR count). The third-order valence-corrected chi connectivity index (χ3v) is 4.40. The number of hydrogen-bond acceptors (Lipinski definition) is 4. The molecule has 0 radical (unpaired) electrons. The van der Waals surface area contributed by atoms with Crippen LogP contribution in [0.25, 0.3) is 10.8 Å². The Morgan fingerprint density at radius 1 is 1.12 bits per heavy atom. The van der Waals surface area contributed by atoms with E-state index in [2.05, 4.69) is 22.8 Å². The average Bonchev–Trinajstić information content (AvgIpc) is 3.07. The largest absolute Gasteiger partial charge is 0.486 e. The van der Waals surface area contributed by atoms with Gasteiger partial charge in [-0.05, 0) is 35.0 Å². The second-order valence-corrected chi connectivity index (χ2v) is 6.30. The van der Waals surface area contributed by atoms with E-state index in [1.54, 1.807) is 12.1 Å². The first-order chi connectivity index (χ1) is 12.3. The zero-order chi connectivity index (χ0) is 17.1. The summed E-state index contributed by atoms with van der Waals surface area (Å²) in [4.78, 5) is 12.1. The number of nitrogens with one attached hydrogen (secondary N) is 2. The summed E-state index contributed by atoms with van der Waals surface area (Å²) in [7, 11) is 0. The molecule has 2 N–H and O–H groups in total. The Hall–Kier alpha value is -2.79. The molecule has 0 saturated carbocycles. The Morgan fingerprint density at radius 2 is 1.96 bits per heavy atom. The lowest BCUT2D eigenvalue weighted by molar-refractivity contribution is 0.0910. The summed E-state index contributed by atoms with van der Waals surface area (Å²) in [6.45, 7) is 2.89. The second-order valence-electron chi connectivity index (χ2n) is 6.30. The van der Waals surface area contributed by atoms with Crippen LogP contribution in [0.4, 0.5) is 0 Å². The molecule has 25 heavy (non-hydrogen) atoms. The fourth-order valence-corrected chi connectivity index (χ4v) is 2.81. The van der Waals surface area contributed by atoms with E-state index < -0.39 is 0 Å². The Bertz CT molecular complexity index is 883. The highest BCUT2D eigenvalue weighted by Gasteiger charge is 2.18. The molecule has 2 heterocycles.